The number of nitrogens with zero attached hydrogens (tertiary/aromatic N) is 2. The van der Waals surface area contributed by atoms with Crippen molar-refractivity contribution >= 4 is 23.2 Å². The Labute approximate surface area is 193 Å². The Morgan fingerprint density at radius 3 is 2.55 bits per heavy atom. The summed E-state index contributed by atoms with van der Waals surface area (Å²) in [7, 11) is 3.06. The molecule has 176 valence electrons. The number of nitrogens with one attached hydrogen (secondary N) is 1. The van der Waals surface area contributed by atoms with E-state index in [-0.39, 0.29) is 11.8 Å². The minimum Gasteiger partial charge on any atom is -0.493 e. The third-order valence-electron chi connectivity index (χ3n) is 5.82. The molecule has 0 aromatic heterocycles. The number of rotatable bonds is 7. The van der Waals surface area contributed by atoms with Gasteiger partial charge >= 0.3 is 0 Å². The van der Waals surface area contributed by atoms with Gasteiger partial charge in [0.25, 0.3) is 11.8 Å². The van der Waals surface area contributed by atoms with Crippen LogP contribution < -0.4 is 24.4 Å². The minimum atomic E-state index is -0.598. The number of ether oxygens (including phenoxy) is 4. The number of benzene rings is 2. The van der Waals surface area contributed by atoms with E-state index in [1.807, 2.05) is 6.07 Å². The monoisotopic (exact) mass is 455 g/mol. The van der Waals surface area contributed by atoms with Crippen molar-refractivity contribution in [2.45, 2.75) is 13.0 Å². The number of carbonyl (C=O) groups excluding carboxylic acids is 2. The topological polar surface area (TPSA) is 89.6 Å². The molecule has 0 bridgehead atoms. The van der Waals surface area contributed by atoms with Crippen LogP contribution in [0.3, 0.4) is 0 Å². The lowest BCUT2D eigenvalue weighted by molar-refractivity contribution is -0.125. The fraction of sp³-hybridized carbons (Fsp3) is 0.417. The van der Waals surface area contributed by atoms with E-state index in [1.54, 1.807) is 49.3 Å². The second-order valence-corrected chi connectivity index (χ2v) is 7.91. The second kappa shape index (κ2) is 10.1. The van der Waals surface area contributed by atoms with Gasteiger partial charge in [-0.05, 0) is 37.3 Å². The summed E-state index contributed by atoms with van der Waals surface area (Å²) < 4.78 is 21.7. The van der Waals surface area contributed by atoms with Gasteiger partial charge in [-0.25, -0.2) is 0 Å². The van der Waals surface area contributed by atoms with Crippen molar-refractivity contribution in [3.63, 3.8) is 0 Å². The molecule has 33 heavy (non-hydrogen) atoms. The first kappa shape index (κ1) is 22.9. The molecule has 2 aliphatic heterocycles. The molecule has 1 saturated heterocycles. The third kappa shape index (κ3) is 5.04. The third-order valence-corrected chi connectivity index (χ3v) is 5.82. The highest BCUT2D eigenvalue weighted by molar-refractivity contribution is 6.05. The van der Waals surface area contributed by atoms with Crippen LogP contribution in [0.1, 0.15) is 17.3 Å². The molecule has 1 fully saturated rings. The average molecular weight is 456 g/mol. The number of fused-ring (bicyclic) bond motifs is 1. The molecule has 0 radical (unpaired) electrons. The molecule has 4 rings (SSSR count). The first-order chi connectivity index (χ1) is 16.0. The van der Waals surface area contributed by atoms with Crippen molar-refractivity contribution in [1.82, 2.24) is 4.90 Å². The normalized spacial score (nSPS) is 18.3. The maximum absolute atomic E-state index is 12.8. The second-order valence-electron chi connectivity index (χ2n) is 7.91. The van der Waals surface area contributed by atoms with E-state index in [4.69, 9.17) is 18.9 Å². The van der Waals surface area contributed by atoms with E-state index in [2.05, 4.69) is 10.2 Å². The summed E-state index contributed by atoms with van der Waals surface area (Å²) in [5.74, 6) is 1.22. The maximum atomic E-state index is 12.8. The summed E-state index contributed by atoms with van der Waals surface area (Å²) in [6.45, 7) is 6.22. The molecule has 0 aliphatic carbocycles. The molecule has 9 heteroatoms. The molecule has 0 spiro atoms. The highest BCUT2D eigenvalue weighted by Gasteiger charge is 2.32. The van der Waals surface area contributed by atoms with Crippen molar-refractivity contribution in [2.75, 3.05) is 63.8 Å². The first-order valence-electron chi connectivity index (χ1n) is 11.0. The number of hydrogen-bond acceptors (Lipinski definition) is 7. The van der Waals surface area contributed by atoms with E-state index in [0.29, 0.717) is 53.9 Å². The number of morpholine rings is 1. The van der Waals surface area contributed by atoms with Crippen LogP contribution in [0.15, 0.2) is 36.4 Å². The van der Waals surface area contributed by atoms with Gasteiger partial charge in [-0.3, -0.25) is 14.5 Å². The lowest BCUT2D eigenvalue weighted by atomic mass is 10.1. The average Bonchev–Trinajstić information content (AvgIpc) is 2.84. The highest BCUT2D eigenvalue weighted by atomic mass is 16.5. The molecular formula is C24H29N3O6. The van der Waals surface area contributed by atoms with Crippen molar-refractivity contribution in [3.8, 4) is 17.2 Å². The number of amides is 2. The van der Waals surface area contributed by atoms with E-state index >= 15 is 0 Å². The Kier molecular flexibility index (Phi) is 7.00. The van der Waals surface area contributed by atoms with Crippen molar-refractivity contribution in [2.24, 2.45) is 0 Å². The zero-order valence-corrected chi connectivity index (χ0v) is 19.1. The van der Waals surface area contributed by atoms with Gasteiger partial charge in [-0.1, -0.05) is 0 Å². The Bertz CT molecular complexity index is 1020. The molecule has 1 N–H and O–H groups in total. The summed E-state index contributed by atoms with van der Waals surface area (Å²) in [6, 6.07) is 10.3. The molecular weight excluding hydrogens is 426 g/mol. The molecule has 2 aromatic carbocycles. The van der Waals surface area contributed by atoms with Gasteiger partial charge in [0.1, 0.15) is 5.75 Å². The van der Waals surface area contributed by atoms with E-state index in [1.165, 1.54) is 7.11 Å². The van der Waals surface area contributed by atoms with Crippen LogP contribution in [-0.4, -0.2) is 76.4 Å². The summed E-state index contributed by atoms with van der Waals surface area (Å²) in [4.78, 5) is 29.6. The van der Waals surface area contributed by atoms with Crippen molar-refractivity contribution in [1.29, 1.82) is 0 Å². The predicted molar refractivity (Wildman–Crippen MR) is 124 cm³/mol. The smallest absolute Gasteiger partial charge is 0.267 e. The largest absolute Gasteiger partial charge is 0.493 e. The van der Waals surface area contributed by atoms with Crippen LogP contribution in [0, 0.1) is 0 Å². The van der Waals surface area contributed by atoms with Gasteiger partial charge in [0, 0.05) is 43.5 Å². The molecule has 0 saturated carbocycles. The number of anilines is 2. The SMILES string of the molecule is COc1ccc(C(=O)Nc2ccc3c(c2)OC(C)C(=O)N3CCN2CCOCC2)cc1OC. The fourth-order valence-electron chi connectivity index (χ4n) is 3.97. The van der Waals surface area contributed by atoms with E-state index in [0.717, 1.165) is 19.6 Å². The molecule has 2 aliphatic rings. The standard InChI is InChI=1S/C24H29N3O6/c1-16-24(29)27(9-8-26-10-12-32-13-11-26)19-6-5-18(15-21(19)33-16)25-23(28)17-4-7-20(30-2)22(14-17)31-3/h4-7,14-16H,8-13H2,1-3H3,(H,25,28). The Hall–Kier alpha value is -3.30. The van der Waals surface area contributed by atoms with Gasteiger partial charge < -0.3 is 29.2 Å². The van der Waals surface area contributed by atoms with Crippen LogP contribution in [0.25, 0.3) is 0 Å². The number of hydrogen-bond donors (Lipinski definition) is 1. The first-order valence-corrected chi connectivity index (χ1v) is 11.0. The number of carbonyl (C=O) groups is 2. The highest BCUT2D eigenvalue weighted by Crippen LogP contribution is 2.36. The zero-order chi connectivity index (χ0) is 23.4. The Morgan fingerprint density at radius 1 is 1.06 bits per heavy atom. The van der Waals surface area contributed by atoms with Gasteiger partial charge in [0.05, 0.1) is 33.1 Å². The lowest BCUT2D eigenvalue weighted by Crippen LogP contribution is -2.48. The summed E-state index contributed by atoms with van der Waals surface area (Å²) in [5, 5.41) is 2.88. The Balaban J connectivity index is 1.49. The molecule has 2 aromatic rings. The Morgan fingerprint density at radius 2 is 1.82 bits per heavy atom. The lowest BCUT2D eigenvalue weighted by Gasteiger charge is -2.35. The molecule has 1 atom stereocenters. The van der Waals surface area contributed by atoms with E-state index in [9.17, 15) is 9.59 Å². The number of methoxy groups -OCH3 is 2. The fourth-order valence-corrected chi connectivity index (χ4v) is 3.97. The minimum absolute atomic E-state index is 0.0714. The predicted octanol–water partition coefficient (Wildman–Crippen LogP) is 2.40. The summed E-state index contributed by atoms with van der Waals surface area (Å²) in [5.41, 5.74) is 1.71. The van der Waals surface area contributed by atoms with E-state index < -0.39 is 6.10 Å². The maximum Gasteiger partial charge on any atom is 0.267 e. The van der Waals surface area contributed by atoms with Gasteiger partial charge in [-0.2, -0.15) is 0 Å². The summed E-state index contributed by atoms with van der Waals surface area (Å²) in [6.07, 6.45) is -0.598. The van der Waals surface area contributed by atoms with Crippen LogP contribution in [0.4, 0.5) is 11.4 Å². The molecule has 2 amide bonds. The van der Waals surface area contributed by atoms with Crippen LogP contribution in [0.5, 0.6) is 17.2 Å². The van der Waals surface area contributed by atoms with Gasteiger partial charge in [-0.15, -0.1) is 0 Å². The quantitative estimate of drug-likeness (QED) is 0.686. The van der Waals surface area contributed by atoms with Gasteiger partial charge in [0.2, 0.25) is 0 Å². The molecule has 1 unspecified atom stereocenters. The zero-order valence-electron chi connectivity index (χ0n) is 19.1. The van der Waals surface area contributed by atoms with Crippen LogP contribution in [-0.2, 0) is 9.53 Å². The van der Waals surface area contributed by atoms with Crippen LogP contribution >= 0.6 is 0 Å². The van der Waals surface area contributed by atoms with Crippen molar-refractivity contribution in [3.05, 3.63) is 42.0 Å². The van der Waals surface area contributed by atoms with Gasteiger partial charge in [0.15, 0.2) is 17.6 Å². The summed E-state index contributed by atoms with van der Waals surface area (Å²) >= 11 is 0. The van der Waals surface area contributed by atoms with Crippen LogP contribution in [0.2, 0.25) is 0 Å². The molecule has 9 nitrogen and oxygen atoms in total. The molecule has 2 heterocycles. The van der Waals surface area contributed by atoms with Crippen molar-refractivity contribution < 1.29 is 28.5 Å².